The van der Waals surface area contributed by atoms with E-state index in [2.05, 4.69) is 24.8 Å². The monoisotopic (exact) mass is 461 g/mol. The average molecular weight is 462 g/mol. The molecule has 5 heterocycles. The van der Waals surface area contributed by atoms with Crippen molar-refractivity contribution in [3.05, 3.63) is 84.6 Å². The Labute approximate surface area is 201 Å². The molecule has 172 valence electrons. The van der Waals surface area contributed by atoms with Gasteiger partial charge in [0, 0.05) is 59.2 Å². The molecule has 9 nitrogen and oxygen atoms in total. The van der Waals surface area contributed by atoms with Crippen LogP contribution in [0.5, 0.6) is 0 Å². The fourth-order valence-electron chi connectivity index (χ4n) is 4.32. The first-order chi connectivity index (χ1) is 17.1. The first kappa shape index (κ1) is 20.9. The summed E-state index contributed by atoms with van der Waals surface area (Å²) in [6, 6.07) is 15.3. The minimum atomic E-state index is 0.175. The lowest BCUT2D eigenvalue weighted by molar-refractivity contribution is 0.514. The van der Waals surface area contributed by atoms with Crippen LogP contribution in [0.3, 0.4) is 0 Å². The number of rotatable bonds is 5. The summed E-state index contributed by atoms with van der Waals surface area (Å²) in [5.74, 6) is 0.794. The van der Waals surface area contributed by atoms with Gasteiger partial charge in [0.15, 0.2) is 0 Å². The predicted molar refractivity (Wildman–Crippen MR) is 137 cm³/mol. The molecule has 6 rings (SSSR count). The van der Waals surface area contributed by atoms with Gasteiger partial charge in [-0.05, 0) is 36.4 Å². The van der Waals surface area contributed by atoms with Crippen LogP contribution in [0, 0.1) is 5.41 Å². The molecular formula is C26H23N9. The molecule has 1 saturated heterocycles. The van der Waals surface area contributed by atoms with Crippen molar-refractivity contribution >= 4 is 28.1 Å². The second kappa shape index (κ2) is 8.30. The lowest BCUT2D eigenvalue weighted by atomic mass is 10.0. The number of pyridine rings is 2. The normalized spacial score (nSPS) is 13.7. The van der Waals surface area contributed by atoms with Gasteiger partial charge >= 0.3 is 0 Å². The molecule has 1 aliphatic heterocycles. The van der Waals surface area contributed by atoms with Crippen molar-refractivity contribution in [1.82, 2.24) is 24.9 Å². The number of fused-ring (bicyclic) bond motifs is 1. The van der Waals surface area contributed by atoms with Crippen molar-refractivity contribution in [2.45, 2.75) is 6.04 Å². The fraction of sp³-hybridized carbons (Fsp3) is 0.115. The number of nitrogen functional groups attached to an aromatic ring is 1. The van der Waals surface area contributed by atoms with Crippen LogP contribution in [-0.2, 0) is 0 Å². The van der Waals surface area contributed by atoms with E-state index in [1.165, 1.54) is 0 Å². The van der Waals surface area contributed by atoms with E-state index in [-0.39, 0.29) is 11.8 Å². The maximum absolute atomic E-state index is 8.94. The van der Waals surface area contributed by atoms with Crippen molar-refractivity contribution < 1.29 is 0 Å². The third-order valence-corrected chi connectivity index (χ3v) is 6.20. The number of nitrogens with one attached hydrogen (secondary N) is 2. The van der Waals surface area contributed by atoms with Gasteiger partial charge in [-0.15, -0.1) is 0 Å². The Bertz CT molecular complexity index is 1550. The van der Waals surface area contributed by atoms with Crippen molar-refractivity contribution in [1.29, 1.82) is 5.41 Å². The molecule has 0 spiro atoms. The van der Waals surface area contributed by atoms with Gasteiger partial charge in [0.05, 0.1) is 40.9 Å². The quantitative estimate of drug-likeness (QED) is 0.232. The molecular weight excluding hydrogens is 438 g/mol. The zero-order chi connectivity index (χ0) is 23.9. The number of nitrogens with zero attached hydrogens (tertiary/aromatic N) is 5. The molecule has 35 heavy (non-hydrogen) atoms. The highest BCUT2D eigenvalue weighted by molar-refractivity contribution is 6.15. The van der Waals surface area contributed by atoms with Crippen molar-refractivity contribution in [2.24, 2.45) is 5.73 Å². The standard InChI is InChI=1S/C26H23N9/c27-16-13-35(14-16)24-12-30-11-23(34-24)15-4-5-19(28)17(9-15)25(29)22-10-18-20(33-22)6-8-32-26(18)21-3-1-2-7-31-21/h1-12,16,29,33H,13-14,27-28H2. The Balaban J connectivity index is 1.36. The molecule has 0 unspecified atom stereocenters. The number of H-pyrrole nitrogens is 1. The summed E-state index contributed by atoms with van der Waals surface area (Å²) in [5, 5.41) is 9.84. The van der Waals surface area contributed by atoms with Crippen LogP contribution in [0.15, 0.2) is 73.3 Å². The maximum atomic E-state index is 8.94. The molecule has 1 fully saturated rings. The number of nitrogens with two attached hydrogens (primary N) is 2. The Hall–Kier alpha value is -4.63. The Morgan fingerprint density at radius 2 is 1.89 bits per heavy atom. The van der Waals surface area contributed by atoms with Gasteiger partial charge in [-0.3, -0.25) is 20.4 Å². The van der Waals surface area contributed by atoms with E-state index in [4.69, 9.17) is 21.9 Å². The van der Waals surface area contributed by atoms with E-state index in [1.54, 1.807) is 30.9 Å². The number of hydrogen-bond donors (Lipinski definition) is 4. The summed E-state index contributed by atoms with van der Waals surface area (Å²) in [6.45, 7) is 1.54. The van der Waals surface area contributed by atoms with Gasteiger partial charge in [0.1, 0.15) is 5.82 Å². The van der Waals surface area contributed by atoms with Crippen LogP contribution in [0.4, 0.5) is 11.5 Å². The second-order valence-corrected chi connectivity index (χ2v) is 8.62. The van der Waals surface area contributed by atoms with Crippen LogP contribution in [-0.4, -0.2) is 49.8 Å². The number of aromatic amines is 1. The molecule has 0 bridgehead atoms. The third-order valence-electron chi connectivity index (χ3n) is 6.20. The van der Waals surface area contributed by atoms with Gasteiger partial charge in [0.25, 0.3) is 0 Å². The van der Waals surface area contributed by atoms with Gasteiger partial charge in [-0.1, -0.05) is 12.1 Å². The van der Waals surface area contributed by atoms with Crippen LogP contribution >= 0.6 is 0 Å². The van der Waals surface area contributed by atoms with Crippen molar-refractivity contribution in [3.63, 3.8) is 0 Å². The average Bonchev–Trinajstić information content (AvgIpc) is 3.32. The molecule has 0 saturated carbocycles. The van der Waals surface area contributed by atoms with E-state index in [9.17, 15) is 0 Å². The molecule has 1 aliphatic rings. The first-order valence-electron chi connectivity index (χ1n) is 11.3. The summed E-state index contributed by atoms with van der Waals surface area (Å²) < 4.78 is 0. The lowest BCUT2D eigenvalue weighted by Crippen LogP contribution is -2.56. The van der Waals surface area contributed by atoms with E-state index in [0.717, 1.165) is 52.5 Å². The second-order valence-electron chi connectivity index (χ2n) is 8.62. The molecule has 0 amide bonds. The highest BCUT2D eigenvalue weighted by Gasteiger charge is 2.24. The number of aromatic nitrogens is 5. The molecule has 5 aromatic rings. The fourth-order valence-corrected chi connectivity index (χ4v) is 4.32. The summed E-state index contributed by atoms with van der Waals surface area (Å²) in [4.78, 5) is 23.5. The van der Waals surface area contributed by atoms with Crippen LogP contribution in [0.2, 0.25) is 0 Å². The van der Waals surface area contributed by atoms with Gasteiger partial charge in [0.2, 0.25) is 0 Å². The number of hydrogen-bond acceptors (Lipinski definition) is 8. The van der Waals surface area contributed by atoms with E-state index in [0.29, 0.717) is 16.9 Å². The number of anilines is 2. The molecule has 0 atom stereocenters. The Morgan fingerprint density at radius 3 is 2.69 bits per heavy atom. The Kier molecular flexibility index (Phi) is 4.97. The summed E-state index contributed by atoms with van der Waals surface area (Å²) in [6.07, 6.45) is 6.94. The lowest BCUT2D eigenvalue weighted by Gasteiger charge is -2.37. The third kappa shape index (κ3) is 3.77. The minimum absolute atomic E-state index is 0.175. The molecule has 0 radical (unpaired) electrons. The van der Waals surface area contributed by atoms with E-state index >= 15 is 0 Å². The topological polar surface area (TPSA) is 146 Å². The highest BCUT2D eigenvalue weighted by Crippen LogP contribution is 2.29. The summed E-state index contributed by atoms with van der Waals surface area (Å²) in [7, 11) is 0. The van der Waals surface area contributed by atoms with Gasteiger partial charge in [-0.25, -0.2) is 4.98 Å². The predicted octanol–water partition coefficient (Wildman–Crippen LogP) is 3.23. The SMILES string of the molecule is N=C(c1cc2c(-c3ccccn3)nccc2[nH]1)c1cc(-c2cncc(N3CC(N)C3)n2)ccc1N. The Morgan fingerprint density at radius 1 is 1.00 bits per heavy atom. The van der Waals surface area contributed by atoms with E-state index < -0.39 is 0 Å². The van der Waals surface area contributed by atoms with Gasteiger partial charge in [-0.2, -0.15) is 0 Å². The molecule has 4 aromatic heterocycles. The van der Waals surface area contributed by atoms with Gasteiger partial charge < -0.3 is 21.4 Å². The zero-order valence-electron chi connectivity index (χ0n) is 18.8. The summed E-state index contributed by atoms with van der Waals surface area (Å²) in [5.41, 5.74) is 18.2. The van der Waals surface area contributed by atoms with Crippen LogP contribution in [0.25, 0.3) is 33.5 Å². The van der Waals surface area contributed by atoms with E-state index in [1.807, 2.05) is 42.5 Å². The molecule has 1 aromatic carbocycles. The summed E-state index contributed by atoms with van der Waals surface area (Å²) >= 11 is 0. The maximum Gasteiger partial charge on any atom is 0.147 e. The molecule has 0 aliphatic carbocycles. The van der Waals surface area contributed by atoms with Crippen LogP contribution in [0.1, 0.15) is 11.3 Å². The molecule has 9 heteroatoms. The minimum Gasteiger partial charge on any atom is -0.398 e. The highest BCUT2D eigenvalue weighted by atomic mass is 15.3. The van der Waals surface area contributed by atoms with Crippen LogP contribution < -0.4 is 16.4 Å². The largest absolute Gasteiger partial charge is 0.398 e. The van der Waals surface area contributed by atoms with Crippen molar-refractivity contribution in [3.8, 4) is 22.6 Å². The number of benzene rings is 1. The first-order valence-corrected chi connectivity index (χ1v) is 11.3. The smallest absolute Gasteiger partial charge is 0.147 e. The molecule has 6 N–H and O–H groups in total. The zero-order valence-corrected chi connectivity index (χ0v) is 18.8. The van der Waals surface area contributed by atoms with Crippen molar-refractivity contribution in [2.75, 3.05) is 23.7 Å².